The summed E-state index contributed by atoms with van der Waals surface area (Å²) < 4.78 is 59.2. The number of nitrogens with one attached hydrogen (secondary N) is 2. The number of nitrogens with zero attached hydrogens (tertiary/aromatic N) is 2. The van der Waals surface area contributed by atoms with E-state index in [1.165, 1.54) is 31.3 Å². The quantitative estimate of drug-likeness (QED) is 0.490. The number of aromatic nitrogens is 2. The third-order valence-corrected chi connectivity index (χ3v) is 4.51. The Morgan fingerprint density at radius 1 is 1.27 bits per heavy atom. The van der Waals surface area contributed by atoms with Crippen molar-refractivity contribution in [2.24, 2.45) is 7.05 Å². The predicted molar refractivity (Wildman–Crippen MR) is 103 cm³/mol. The number of rotatable bonds is 4. The summed E-state index contributed by atoms with van der Waals surface area (Å²) in [5.74, 6) is -4.50. The number of alkyl halides is 4. The summed E-state index contributed by atoms with van der Waals surface area (Å²) in [5.41, 5.74) is -0.568. The molecule has 0 unspecified atom stereocenters. The van der Waals surface area contributed by atoms with E-state index in [1.54, 1.807) is 0 Å². The average molecular weight is 478 g/mol. The summed E-state index contributed by atoms with van der Waals surface area (Å²) in [6, 6.07) is 5.00. The minimum absolute atomic E-state index is 0.0685. The maximum atomic E-state index is 13.4. The molecule has 2 aromatic rings. The number of carbonyl (C=O) groups excluding carboxylic acids is 1. The normalized spacial score (nSPS) is 17.8. The van der Waals surface area contributed by atoms with Crippen LogP contribution in [-0.2, 0) is 18.4 Å². The summed E-state index contributed by atoms with van der Waals surface area (Å²) in [6.45, 7) is 0.201. The highest BCUT2D eigenvalue weighted by Crippen LogP contribution is 2.24. The zero-order valence-electron chi connectivity index (χ0n) is 17.0. The van der Waals surface area contributed by atoms with Crippen LogP contribution in [0, 0.1) is 5.82 Å². The second-order valence-electron chi connectivity index (χ2n) is 6.94. The van der Waals surface area contributed by atoms with Gasteiger partial charge in [0.15, 0.2) is 5.69 Å². The zero-order valence-corrected chi connectivity index (χ0v) is 17.0. The van der Waals surface area contributed by atoms with Gasteiger partial charge in [0.25, 0.3) is 11.5 Å². The third-order valence-electron chi connectivity index (χ3n) is 4.51. The number of benzene rings is 1. The summed E-state index contributed by atoms with van der Waals surface area (Å²) in [4.78, 5) is 37.5. The first kappa shape index (κ1) is 25.7. The first-order valence-electron chi connectivity index (χ1n) is 9.31. The van der Waals surface area contributed by atoms with Crippen LogP contribution in [0.3, 0.4) is 0 Å². The number of carboxylic acids is 1. The van der Waals surface area contributed by atoms with Gasteiger partial charge in [-0.25, -0.2) is 18.6 Å². The molecule has 1 aliphatic heterocycles. The molecule has 0 aliphatic carbocycles. The Morgan fingerprint density at radius 3 is 2.33 bits per heavy atom. The maximum Gasteiger partial charge on any atom is 0.490 e. The van der Waals surface area contributed by atoms with Crippen LogP contribution in [0.4, 0.5) is 22.0 Å². The van der Waals surface area contributed by atoms with Crippen LogP contribution in [0.1, 0.15) is 34.3 Å². The van der Waals surface area contributed by atoms with E-state index in [1.807, 2.05) is 0 Å². The van der Waals surface area contributed by atoms with E-state index in [0.717, 1.165) is 4.57 Å². The van der Waals surface area contributed by atoms with Crippen molar-refractivity contribution in [2.45, 2.75) is 31.4 Å². The van der Waals surface area contributed by atoms with Gasteiger partial charge in [-0.2, -0.15) is 13.2 Å². The van der Waals surface area contributed by atoms with Gasteiger partial charge in [-0.15, -0.1) is 0 Å². The molecule has 1 amide bonds. The fraction of sp³-hybridized carbons (Fsp3) is 0.368. The summed E-state index contributed by atoms with van der Waals surface area (Å²) in [7, 11) is 1.40. The third kappa shape index (κ3) is 6.71. The first-order chi connectivity index (χ1) is 15.3. The van der Waals surface area contributed by atoms with Crippen LogP contribution in [0.5, 0.6) is 5.75 Å². The van der Waals surface area contributed by atoms with Crippen LogP contribution < -0.4 is 16.2 Å². The van der Waals surface area contributed by atoms with Crippen LogP contribution >= 0.6 is 0 Å². The highest BCUT2D eigenvalue weighted by atomic mass is 19.4. The fourth-order valence-electron chi connectivity index (χ4n) is 2.83. The van der Waals surface area contributed by atoms with Gasteiger partial charge in [-0.05, 0) is 17.7 Å². The smallest absolute Gasteiger partial charge is 0.490 e. The number of aromatic hydroxyl groups is 1. The van der Waals surface area contributed by atoms with Gasteiger partial charge in [-0.1, -0.05) is 12.1 Å². The minimum Gasteiger partial charge on any atom is -0.501 e. The number of hydrogen-bond acceptors (Lipinski definition) is 6. The Bertz CT molecular complexity index is 1070. The summed E-state index contributed by atoms with van der Waals surface area (Å²) >= 11 is 0. The van der Waals surface area contributed by atoms with Crippen molar-refractivity contribution in [1.29, 1.82) is 0 Å². The lowest BCUT2D eigenvalue weighted by Crippen LogP contribution is -2.32. The largest absolute Gasteiger partial charge is 0.501 e. The molecular formula is C19H19F5N4O5. The Hall–Kier alpha value is -3.55. The molecule has 0 bridgehead atoms. The second-order valence-corrected chi connectivity index (χ2v) is 6.94. The molecule has 1 aromatic heterocycles. The second kappa shape index (κ2) is 10.4. The molecule has 1 aliphatic rings. The van der Waals surface area contributed by atoms with Gasteiger partial charge in [0.2, 0.25) is 5.75 Å². The predicted octanol–water partition coefficient (Wildman–Crippen LogP) is 1.56. The van der Waals surface area contributed by atoms with Crippen molar-refractivity contribution >= 4 is 11.9 Å². The zero-order chi connectivity index (χ0) is 24.9. The Balaban J connectivity index is 0.000000479. The maximum absolute atomic E-state index is 13.4. The Kier molecular flexibility index (Phi) is 8.08. The molecule has 0 saturated carbocycles. The van der Waals surface area contributed by atoms with E-state index in [2.05, 4.69) is 15.6 Å². The van der Waals surface area contributed by atoms with Crippen molar-refractivity contribution in [3.63, 3.8) is 0 Å². The number of carbonyl (C=O) groups is 2. The Morgan fingerprint density at radius 2 is 1.85 bits per heavy atom. The summed E-state index contributed by atoms with van der Waals surface area (Å²) in [6.07, 6.45) is -6.02. The molecule has 2 heterocycles. The molecule has 0 radical (unpaired) electrons. The summed E-state index contributed by atoms with van der Waals surface area (Å²) in [5, 5.41) is 22.5. The van der Waals surface area contributed by atoms with Gasteiger partial charge < -0.3 is 20.8 Å². The molecule has 3 rings (SSSR count). The van der Waals surface area contributed by atoms with E-state index in [0.29, 0.717) is 5.56 Å². The minimum atomic E-state index is -5.08. The number of amides is 1. The number of carboxylic acid groups (broad SMARTS) is 1. The monoisotopic (exact) mass is 478 g/mol. The molecule has 0 spiro atoms. The first-order valence-corrected chi connectivity index (χ1v) is 9.31. The van der Waals surface area contributed by atoms with Crippen molar-refractivity contribution < 1.29 is 41.8 Å². The van der Waals surface area contributed by atoms with Crippen molar-refractivity contribution in [1.82, 2.24) is 20.2 Å². The van der Waals surface area contributed by atoms with Crippen molar-refractivity contribution in [2.75, 3.05) is 6.54 Å². The van der Waals surface area contributed by atoms with Crippen molar-refractivity contribution in [3.05, 3.63) is 57.5 Å². The number of aliphatic carboxylic acids is 1. The number of hydrogen-bond donors (Lipinski definition) is 4. The SMILES string of the molecule is Cn1c([C@@H]2C[C@H](F)CN2)nc(C(=O)NCc2ccc(F)cc2)c(O)c1=O.O=C(O)C(F)(F)F. The van der Waals surface area contributed by atoms with Gasteiger partial charge in [0.05, 0.1) is 6.04 Å². The van der Waals surface area contributed by atoms with E-state index in [4.69, 9.17) is 9.90 Å². The molecular weight excluding hydrogens is 459 g/mol. The molecule has 9 nitrogen and oxygen atoms in total. The van der Waals surface area contributed by atoms with E-state index in [9.17, 15) is 36.6 Å². The molecule has 14 heteroatoms. The highest BCUT2D eigenvalue weighted by Gasteiger charge is 2.38. The topological polar surface area (TPSA) is 134 Å². The van der Waals surface area contributed by atoms with Crippen molar-refractivity contribution in [3.8, 4) is 5.75 Å². The molecule has 1 aromatic carbocycles. The lowest BCUT2D eigenvalue weighted by Gasteiger charge is -2.16. The van der Waals surface area contributed by atoms with Gasteiger partial charge in [0, 0.05) is 26.6 Å². The molecule has 1 saturated heterocycles. The van der Waals surface area contributed by atoms with Gasteiger partial charge in [-0.3, -0.25) is 14.2 Å². The van der Waals surface area contributed by atoms with Gasteiger partial charge >= 0.3 is 12.1 Å². The lowest BCUT2D eigenvalue weighted by atomic mass is 10.2. The average Bonchev–Trinajstić information content (AvgIpc) is 3.17. The van der Waals surface area contributed by atoms with Crippen LogP contribution in [0.15, 0.2) is 29.1 Å². The van der Waals surface area contributed by atoms with Crippen LogP contribution in [0.25, 0.3) is 0 Å². The van der Waals surface area contributed by atoms with Gasteiger partial charge in [0.1, 0.15) is 17.8 Å². The molecule has 33 heavy (non-hydrogen) atoms. The van der Waals surface area contributed by atoms with E-state index in [-0.39, 0.29) is 25.3 Å². The molecule has 180 valence electrons. The van der Waals surface area contributed by atoms with Crippen LogP contribution in [0.2, 0.25) is 0 Å². The lowest BCUT2D eigenvalue weighted by molar-refractivity contribution is -0.192. The molecule has 1 fully saturated rings. The number of halogens is 5. The molecule has 4 N–H and O–H groups in total. The standard InChI is InChI=1S/C17H18F2N4O3.C2HF3O2/c1-23-15(12-6-11(19)8-20-12)22-13(14(24)17(23)26)16(25)21-7-9-2-4-10(18)5-3-9;3-2(4,5)1(6)7/h2-5,11-12,20,24H,6-8H2,1H3,(H,21,25);(H,6,7)/t11-,12-;/m0./s1. The fourth-order valence-corrected chi connectivity index (χ4v) is 2.83. The van der Waals surface area contributed by atoms with Crippen LogP contribution in [-0.4, -0.2) is 50.5 Å². The Labute approximate surface area is 182 Å². The highest BCUT2D eigenvalue weighted by molar-refractivity contribution is 5.94. The van der Waals surface area contributed by atoms with E-state index < -0.39 is 53.1 Å². The van der Waals surface area contributed by atoms with E-state index >= 15 is 0 Å². The molecule has 2 atom stereocenters.